The number of hydrogen-bond donors (Lipinski definition) is 6. The van der Waals surface area contributed by atoms with Crippen molar-refractivity contribution < 1.29 is 63.0 Å². The van der Waals surface area contributed by atoms with Gasteiger partial charge in [0.1, 0.15) is 60.4 Å². The highest BCUT2D eigenvalue weighted by molar-refractivity contribution is 5.99. The molecule has 0 spiro atoms. The lowest BCUT2D eigenvalue weighted by Gasteiger charge is -2.41. The fourth-order valence-electron chi connectivity index (χ4n) is 10.9. The number of aliphatic hydroxyl groups excluding tert-OH is 2. The number of likely N-dealkylation sites (N-methyl/N-ethyl adjacent to an activating group) is 7. The average Bonchev–Trinajstić information content (AvgIpc) is 2.16. The molecule has 0 aromatic rings. The normalized spacial score (nSPS) is 27.0. The van der Waals surface area contributed by atoms with Gasteiger partial charge in [-0.25, -0.2) is 0 Å². The van der Waals surface area contributed by atoms with Gasteiger partial charge in [0.2, 0.25) is 65.0 Å². The molecule has 0 aromatic carbocycles. The zero-order chi connectivity index (χ0) is 66.8. The molecule has 1 rings (SSSR count). The van der Waals surface area contributed by atoms with Gasteiger partial charge in [0.05, 0.1) is 18.8 Å². The maximum atomic E-state index is 15.2. The Hall–Kier alpha value is -5.91. The van der Waals surface area contributed by atoms with Crippen molar-refractivity contribution in [1.29, 1.82) is 0 Å². The van der Waals surface area contributed by atoms with Gasteiger partial charge in [0.15, 0.2) is 0 Å². The van der Waals surface area contributed by atoms with Gasteiger partial charge in [-0.15, -0.1) is 0 Å². The molecule has 1 aliphatic rings. The van der Waals surface area contributed by atoms with Gasteiger partial charge >= 0.3 is 0 Å². The summed E-state index contributed by atoms with van der Waals surface area (Å²) in [6.07, 6.45) is -0.752. The van der Waals surface area contributed by atoms with Gasteiger partial charge in [0.25, 0.3) is 0 Å². The monoisotopic (exact) mass is 1220 g/mol. The summed E-state index contributed by atoms with van der Waals surface area (Å²) in [5, 5.41) is 34.1. The molecule has 0 saturated carbocycles. The lowest BCUT2D eigenvalue weighted by atomic mass is 9.90. The van der Waals surface area contributed by atoms with E-state index in [0.717, 1.165) is 21.1 Å². The van der Waals surface area contributed by atoms with Crippen LogP contribution in [0.3, 0.4) is 0 Å². The molecule has 24 heteroatoms. The maximum Gasteiger partial charge on any atom is 0.248 e. The first-order chi connectivity index (χ1) is 39.6. The van der Waals surface area contributed by atoms with Crippen LogP contribution in [0.1, 0.15) is 163 Å². The van der Waals surface area contributed by atoms with Crippen LogP contribution < -0.4 is 21.3 Å². The molecular weight excluding hydrogens is 1110 g/mol. The van der Waals surface area contributed by atoms with Gasteiger partial charge in [-0.1, -0.05) is 110 Å². The van der Waals surface area contributed by atoms with Crippen molar-refractivity contribution in [2.24, 2.45) is 41.4 Å². The number of aliphatic hydroxyl groups is 2. The quantitative estimate of drug-likeness (QED) is 0.130. The van der Waals surface area contributed by atoms with E-state index in [-0.39, 0.29) is 49.4 Å². The number of rotatable bonds is 16. The molecule has 494 valence electrons. The second kappa shape index (κ2) is 35.2. The molecule has 13 atom stereocenters. The molecule has 1 saturated heterocycles. The van der Waals surface area contributed by atoms with Crippen molar-refractivity contribution in [3.8, 4) is 0 Å². The first-order valence-corrected chi connectivity index (χ1v) is 31.0. The van der Waals surface area contributed by atoms with E-state index in [0.29, 0.717) is 12.8 Å². The lowest BCUT2D eigenvalue weighted by Crippen LogP contribution is -2.64. The Bertz CT molecular complexity index is 2310. The first-order valence-electron chi connectivity index (χ1n) is 31.0. The zero-order valence-electron chi connectivity index (χ0n) is 56.6. The van der Waals surface area contributed by atoms with Gasteiger partial charge in [-0.2, -0.15) is 0 Å². The molecule has 1 heterocycles. The van der Waals surface area contributed by atoms with Crippen molar-refractivity contribution in [3.63, 3.8) is 0 Å². The van der Waals surface area contributed by atoms with E-state index in [1.165, 1.54) is 89.7 Å². The van der Waals surface area contributed by atoms with Crippen molar-refractivity contribution in [2.45, 2.75) is 235 Å². The van der Waals surface area contributed by atoms with E-state index in [9.17, 15) is 53.4 Å². The minimum Gasteiger partial charge on any atom is -0.391 e. The van der Waals surface area contributed by atoms with Gasteiger partial charge in [-0.3, -0.25) is 52.7 Å². The highest BCUT2D eigenvalue weighted by Crippen LogP contribution is 2.26. The fourth-order valence-corrected chi connectivity index (χ4v) is 10.9. The Kier molecular flexibility index (Phi) is 31.9. The number of carbonyl (C=O) groups is 11. The predicted molar refractivity (Wildman–Crippen MR) is 330 cm³/mol. The Labute approximate surface area is 514 Å². The summed E-state index contributed by atoms with van der Waals surface area (Å²) in [5.41, 5.74) is 0. The zero-order valence-corrected chi connectivity index (χ0v) is 56.6. The molecule has 86 heavy (non-hydrogen) atoms. The molecule has 1 aliphatic heterocycles. The van der Waals surface area contributed by atoms with Crippen LogP contribution in [0, 0.1) is 41.4 Å². The summed E-state index contributed by atoms with van der Waals surface area (Å²) in [5.74, 6) is -10.5. The van der Waals surface area contributed by atoms with E-state index < -0.39 is 162 Å². The Morgan fingerprint density at radius 2 is 0.814 bits per heavy atom. The number of amides is 11. The SMILES string of the molecule is CCCC[C@@H](C)[C@@H](O)C1C(=O)N[C@@H](C(C)O)C(=O)N(C)CC(=O)N(C)[C@@H](CC(C)C)C(=O)N[C@@H](C(C)C)C(=O)N(C)[C@@H](CC(C)C)C(=O)N[C@@H](C)C(=O)N[C@H](C)C(=O)N(C)[C@@H](CC(C)C)C(=O)N(C)[C@@H](CC(C)C)C(=O)N(C)[C@@H](C(C)C)C(=O)N1C. The largest absolute Gasteiger partial charge is 0.391 e. The van der Waals surface area contributed by atoms with E-state index in [4.69, 9.17) is 0 Å². The van der Waals surface area contributed by atoms with Gasteiger partial charge in [-0.05, 0) is 94.3 Å². The molecule has 0 aliphatic carbocycles. The highest BCUT2D eigenvalue weighted by Gasteiger charge is 2.46. The van der Waals surface area contributed by atoms with Crippen LogP contribution in [-0.2, 0) is 52.7 Å². The van der Waals surface area contributed by atoms with Crippen LogP contribution in [0.5, 0.6) is 0 Å². The standard InChI is InChI=1S/C62H113N11O13/c1-25-26-27-39(14)52(76)51-56(80)66-49(42(17)74)60(84)67(18)32-47(75)68(19)43(28-33(2)3)55(79)65-48(37(10)11)61(85)69(20)44(29-34(4)5)54(78)63-40(15)53(77)64-41(16)57(81)70(21)45(30-35(6)7)58(82)71(22)46(31-36(8)9)59(83)72(23)50(38(12)13)62(86)73(51)24/h33-46,48-52,74,76H,25-32H2,1-24H3,(H,63,78)(H,64,77)(H,65,79)(H,66,80)/t39-,40+,41-,42?,43+,44+,45+,46+,48+,49+,50+,51?,52-/m1/s1. The third kappa shape index (κ3) is 21.7. The number of nitrogens with one attached hydrogen (secondary N) is 4. The maximum absolute atomic E-state index is 15.2. The van der Waals surface area contributed by atoms with Crippen LogP contribution in [-0.4, -0.2) is 238 Å². The second-order valence-corrected chi connectivity index (χ2v) is 26.7. The fraction of sp³-hybridized carbons (Fsp3) is 0.823. The third-order valence-electron chi connectivity index (χ3n) is 16.4. The van der Waals surface area contributed by atoms with Crippen LogP contribution in [0.15, 0.2) is 0 Å². The highest BCUT2D eigenvalue weighted by atomic mass is 16.3. The summed E-state index contributed by atoms with van der Waals surface area (Å²) in [6, 6.07) is -13.1. The van der Waals surface area contributed by atoms with Crippen LogP contribution in [0.2, 0.25) is 0 Å². The molecule has 2 unspecified atom stereocenters. The Morgan fingerprint density at radius 1 is 0.419 bits per heavy atom. The summed E-state index contributed by atoms with van der Waals surface area (Å²) < 4.78 is 0. The smallest absolute Gasteiger partial charge is 0.248 e. The molecule has 1 fully saturated rings. The van der Waals surface area contributed by atoms with Crippen LogP contribution in [0.4, 0.5) is 0 Å². The minimum atomic E-state index is -1.73. The molecule has 11 amide bonds. The number of unbranched alkanes of at least 4 members (excludes halogenated alkanes) is 1. The molecule has 0 bridgehead atoms. The molecule has 6 N–H and O–H groups in total. The number of hydrogen-bond acceptors (Lipinski definition) is 13. The topological polar surface area (TPSA) is 299 Å². The average molecular weight is 1220 g/mol. The summed E-state index contributed by atoms with van der Waals surface area (Å²) >= 11 is 0. The summed E-state index contributed by atoms with van der Waals surface area (Å²) in [4.78, 5) is 168. The first kappa shape index (κ1) is 78.1. The van der Waals surface area contributed by atoms with E-state index >= 15 is 9.59 Å². The van der Waals surface area contributed by atoms with Gasteiger partial charge in [0, 0.05) is 49.3 Å². The van der Waals surface area contributed by atoms with E-state index in [1.54, 1.807) is 34.6 Å². The van der Waals surface area contributed by atoms with Gasteiger partial charge < -0.3 is 65.8 Å². The molecule has 24 nitrogen and oxygen atoms in total. The molecule has 0 aromatic heterocycles. The van der Waals surface area contributed by atoms with Crippen LogP contribution >= 0.6 is 0 Å². The van der Waals surface area contributed by atoms with E-state index in [1.807, 2.05) is 62.3 Å². The minimum absolute atomic E-state index is 0.117. The molecular formula is C62H113N11O13. The van der Waals surface area contributed by atoms with E-state index in [2.05, 4.69) is 21.3 Å². The summed E-state index contributed by atoms with van der Waals surface area (Å²) in [6.45, 7) is 28.8. The Balaban J connectivity index is 4.36. The van der Waals surface area contributed by atoms with Crippen LogP contribution in [0.25, 0.3) is 0 Å². The van der Waals surface area contributed by atoms with Crippen molar-refractivity contribution >= 4 is 65.0 Å². The molecule has 0 radical (unpaired) electrons. The third-order valence-corrected chi connectivity index (χ3v) is 16.4. The number of carbonyl (C=O) groups excluding carboxylic acids is 11. The predicted octanol–water partition coefficient (Wildman–Crippen LogP) is 2.46. The second-order valence-electron chi connectivity index (χ2n) is 26.7. The van der Waals surface area contributed by atoms with Crippen molar-refractivity contribution in [2.75, 3.05) is 55.9 Å². The van der Waals surface area contributed by atoms with Crippen molar-refractivity contribution in [3.05, 3.63) is 0 Å². The Morgan fingerprint density at radius 3 is 1.26 bits per heavy atom. The summed E-state index contributed by atoms with van der Waals surface area (Å²) in [7, 11) is 9.68. The number of nitrogens with zero attached hydrogens (tertiary/aromatic N) is 7. The van der Waals surface area contributed by atoms with Crippen molar-refractivity contribution in [1.82, 2.24) is 55.6 Å². The lowest BCUT2D eigenvalue weighted by molar-refractivity contribution is -0.157.